The van der Waals surface area contributed by atoms with Gasteiger partial charge in [-0.3, -0.25) is 0 Å². The van der Waals surface area contributed by atoms with Crippen molar-refractivity contribution in [2.45, 2.75) is 30.7 Å². The Morgan fingerprint density at radius 1 is 1.43 bits per heavy atom. The summed E-state index contributed by atoms with van der Waals surface area (Å²) in [6.07, 6.45) is 0.749. The molecule has 1 N–H and O–H groups in total. The standard InChI is InChI=1S/C16H18O5/c1-10(15(17)18)16-9-13(21-14(16)7-8-20-16)11-3-5-12(19-2)6-4-11/h3-6,13-14H,1,7-9H2,2H3,(H,17,18). The number of carboxylic acids is 1. The maximum atomic E-state index is 11.3. The van der Waals surface area contributed by atoms with Crippen LogP contribution in [-0.2, 0) is 14.3 Å². The van der Waals surface area contributed by atoms with Crippen molar-refractivity contribution in [2.24, 2.45) is 0 Å². The minimum Gasteiger partial charge on any atom is -0.497 e. The van der Waals surface area contributed by atoms with Crippen LogP contribution in [0.4, 0.5) is 0 Å². The average molecular weight is 290 g/mol. The molecule has 0 saturated carbocycles. The van der Waals surface area contributed by atoms with E-state index in [0.717, 1.165) is 11.3 Å². The van der Waals surface area contributed by atoms with Gasteiger partial charge in [-0.1, -0.05) is 18.7 Å². The lowest BCUT2D eigenvalue weighted by Crippen LogP contribution is -2.39. The highest BCUT2D eigenvalue weighted by Crippen LogP contribution is 2.50. The molecule has 0 amide bonds. The molecule has 2 aliphatic rings. The quantitative estimate of drug-likeness (QED) is 0.862. The highest BCUT2D eigenvalue weighted by molar-refractivity contribution is 5.88. The van der Waals surface area contributed by atoms with Crippen LogP contribution >= 0.6 is 0 Å². The first kappa shape index (κ1) is 14.1. The summed E-state index contributed by atoms with van der Waals surface area (Å²) < 4.78 is 16.9. The third-order valence-electron chi connectivity index (χ3n) is 4.33. The largest absolute Gasteiger partial charge is 0.497 e. The molecule has 0 aliphatic carbocycles. The van der Waals surface area contributed by atoms with E-state index in [2.05, 4.69) is 6.58 Å². The third kappa shape index (κ3) is 2.22. The number of carbonyl (C=O) groups is 1. The van der Waals surface area contributed by atoms with Crippen molar-refractivity contribution in [3.63, 3.8) is 0 Å². The summed E-state index contributed by atoms with van der Waals surface area (Å²) >= 11 is 0. The Balaban J connectivity index is 1.85. The van der Waals surface area contributed by atoms with E-state index in [4.69, 9.17) is 14.2 Å². The number of aliphatic carboxylic acids is 1. The van der Waals surface area contributed by atoms with Crippen LogP contribution in [0.5, 0.6) is 5.75 Å². The molecule has 112 valence electrons. The molecule has 3 unspecified atom stereocenters. The van der Waals surface area contributed by atoms with Crippen LogP contribution in [0.1, 0.15) is 24.5 Å². The van der Waals surface area contributed by atoms with Crippen molar-refractivity contribution in [3.05, 3.63) is 42.0 Å². The van der Waals surface area contributed by atoms with Crippen molar-refractivity contribution in [3.8, 4) is 5.75 Å². The minimum atomic E-state index is -1.03. The maximum absolute atomic E-state index is 11.3. The zero-order chi connectivity index (χ0) is 15.0. The molecule has 2 aliphatic heterocycles. The fourth-order valence-electron chi connectivity index (χ4n) is 3.16. The van der Waals surface area contributed by atoms with Crippen LogP contribution < -0.4 is 4.74 Å². The number of ether oxygens (including phenoxy) is 3. The van der Waals surface area contributed by atoms with Gasteiger partial charge in [0, 0.05) is 12.8 Å². The Bertz CT molecular complexity index is 565. The zero-order valence-corrected chi connectivity index (χ0v) is 11.9. The van der Waals surface area contributed by atoms with Crippen molar-refractivity contribution in [1.82, 2.24) is 0 Å². The molecule has 3 atom stereocenters. The highest BCUT2D eigenvalue weighted by Gasteiger charge is 2.56. The monoisotopic (exact) mass is 290 g/mol. The predicted molar refractivity (Wildman–Crippen MR) is 75.3 cm³/mol. The molecule has 0 aromatic heterocycles. The first-order valence-corrected chi connectivity index (χ1v) is 6.93. The van der Waals surface area contributed by atoms with E-state index in [-0.39, 0.29) is 17.8 Å². The normalized spacial score (nSPS) is 30.9. The van der Waals surface area contributed by atoms with Crippen LogP contribution in [-0.4, -0.2) is 36.5 Å². The van der Waals surface area contributed by atoms with Gasteiger partial charge >= 0.3 is 5.97 Å². The van der Waals surface area contributed by atoms with Crippen LogP contribution in [0.3, 0.4) is 0 Å². The van der Waals surface area contributed by atoms with Gasteiger partial charge in [-0.15, -0.1) is 0 Å². The first-order valence-electron chi connectivity index (χ1n) is 6.93. The van der Waals surface area contributed by atoms with Gasteiger partial charge in [0.25, 0.3) is 0 Å². The number of hydrogen-bond donors (Lipinski definition) is 1. The van der Waals surface area contributed by atoms with Gasteiger partial charge in [0.2, 0.25) is 0 Å². The lowest BCUT2D eigenvalue weighted by molar-refractivity contribution is -0.136. The molecular weight excluding hydrogens is 272 g/mol. The lowest BCUT2D eigenvalue weighted by atomic mass is 9.85. The lowest BCUT2D eigenvalue weighted by Gasteiger charge is -2.26. The summed E-state index contributed by atoms with van der Waals surface area (Å²) in [5.74, 6) is -0.251. The number of methoxy groups -OCH3 is 1. The van der Waals surface area contributed by atoms with Gasteiger partial charge in [-0.05, 0) is 17.7 Å². The Morgan fingerprint density at radius 2 is 2.14 bits per heavy atom. The van der Waals surface area contributed by atoms with Gasteiger partial charge < -0.3 is 19.3 Å². The predicted octanol–water partition coefficient (Wildman–Crippen LogP) is 2.33. The average Bonchev–Trinajstić information content (AvgIpc) is 3.04. The number of carboxylic acid groups (broad SMARTS) is 1. The Labute approximate surface area is 123 Å². The molecule has 5 heteroatoms. The van der Waals surface area contributed by atoms with Crippen LogP contribution in [0.15, 0.2) is 36.4 Å². The number of benzene rings is 1. The zero-order valence-electron chi connectivity index (χ0n) is 11.9. The second-order valence-electron chi connectivity index (χ2n) is 5.40. The fraction of sp³-hybridized carbons (Fsp3) is 0.438. The Morgan fingerprint density at radius 3 is 2.76 bits per heavy atom. The van der Waals surface area contributed by atoms with Crippen molar-refractivity contribution in [2.75, 3.05) is 13.7 Å². The Hall–Kier alpha value is -1.85. The molecule has 0 radical (unpaired) electrons. The van der Waals surface area contributed by atoms with E-state index in [1.54, 1.807) is 7.11 Å². The van der Waals surface area contributed by atoms with Gasteiger partial charge in [0.1, 0.15) is 11.4 Å². The molecule has 0 bridgehead atoms. The second-order valence-corrected chi connectivity index (χ2v) is 5.40. The van der Waals surface area contributed by atoms with Crippen LogP contribution in [0.25, 0.3) is 0 Å². The first-order chi connectivity index (χ1) is 10.1. The molecule has 3 rings (SSSR count). The van der Waals surface area contributed by atoms with E-state index in [1.165, 1.54) is 0 Å². The molecule has 2 heterocycles. The molecular formula is C16H18O5. The Kier molecular flexibility index (Phi) is 3.47. The summed E-state index contributed by atoms with van der Waals surface area (Å²) in [5, 5.41) is 9.26. The topological polar surface area (TPSA) is 65.0 Å². The molecule has 21 heavy (non-hydrogen) atoms. The summed E-state index contributed by atoms with van der Waals surface area (Å²) in [4.78, 5) is 11.3. The molecule has 0 spiro atoms. The van der Waals surface area contributed by atoms with E-state index in [0.29, 0.717) is 19.4 Å². The number of fused-ring (bicyclic) bond motifs is 1. The summed E-state index contributed by atoms with van der Waals surface area (Å²) in [5.41, 5.74) is 0.184. The van der Waals surface area contributed by atoms with E-state index in [1.807, 2.05) is 24.3 Å². The molecule has 1 aromatic rings. The summed E-state index contributed by atoms with van der Waals surface area (Å²) in [7, 11) is 1.62. The number of hydrogen-bond acceptors (Lipinski definition) is 4. The molecule has 1 aromatic carbocycles. The SMILES string of the molecule is C=C(C(=O)O)C12CC(c3ccc(OC)cc3)OC1CCO2. The summed E-state index contributed by atoms with van der Waals surface area (Å²) in [6.45, 7) is 4.21. The van der Waals surface area contributed by atoms with E-state index < -0.39 is 11.6 Å². The van der Waals surface area contributed by atoms with Gasteiger partial charge in [0.15, 0.2) is 0 Å². The van der Waals surface area contributed by atoms with E-state index >= 15 is 0 Å². The van der Waals surface area contributed by atoms with Crippen LogP contribution in [0, 0.1) is 0 Å². The third-order valence-corrected chi connectivity index (χ3v) is 4.33. The molecule has 2 fully saturated rings. The molecule has 5 nitrogen and oxygen atoms in total. The van der Waals surface area contributed by atoms with Crippen molar-refractivity contribution < 1.29 is 24.1 Å². The maximum Gasteiger partial charge on any atom is 0.334 e. The van der Waals surface area contributed by atoms with Gasteiger partial charge in [-0.2, -0.15) is 0 Å². The smallest absolute Gasteiger partial charge is 0.334 e. The van der Waals surface area contributed by atoms with Crippen molar-refractivity contribution in [1.29, 1.82) is 0 Å². The van der Waals surface area contributed by atoms with Gasteiger partial charge in [-0.25, -0.2) is 4.79 Å². The second kappa shape index (κ2) is 5.16. The summed E-state index contributed by atoms with van der Waals surface area (Å²) in [6, 6.07) is 7.60. The highest BCUT2D eigenvalue weighted by atomic mass is 16.6. The van der Waals surface area contributed by atoms with Crippen LogP contribution in [0.2, 0.25) is 0 Å². The molecule has 2 saturated heterocycles. The fourth-order valence-corrected chi connectivity index (χ4v) is 3.16. The minimum absolute atomic E-state index is 0.0843. The number of rotatable bonds is 4. The van der Waals surface area contributed by atoms with Crippen molar-refractivity contribution >= 4 is 5.97 Å². The van der Waals surface area contributed by atoms with E-state index in [9.17, 15) is 9.90 Å². The van der Waals surface area contributed by atoms with Gasteiger partial charge in [0.05, 0.1) is 31.5 Å².